The van der Waals surface area contributed by atoms with Crippen molar-refractivity contribution in [3.05, 3.63) is 29.6 Å². The summed E-state index contributed by atoms with van der Waals surface area (Å²) >= 11 is 0. The third-order valence-corrected chi connectivity index (χ3v) is 2.60. The van der Waals surface area contributed by atoms with Gasteiger partial charge in [-0.25, -0.2) is 13.8 Å². The first-order valence-electron chi connectivity index (χ1n) is 4.91. The number of imidazole rings is 1. The molecule has 0 aliphatic rings. The van der Waals surface area contributed by atoms with Crippen molar-refractivity contribution in [2.45, 2.75) is 12.3 Å². The Morgan fingerprint density at radius 3 is 2.61 bits per heavy atom. The van der Waals surface area contributed by atoms with Crippen LogP contribution in [0.2, 0.25) is 0 Å². The second kappa shape index (κ2) is 3.98. The van der Waals surface area contributed by atoms with E-state index in [1.165, 1.54) is 25.2 Å². The van der Waals surface area contributed by atoms with E-state index in [-0.39, 0.29) is 16.6 Å². The van der Waals surface area contributed by atoms with Gasteiger partial charge in [0.2, 0.25) is 0 Å². The van der Waals surface area contributed by atoms with Gasteiger partial charge in [-0.15, -0.1) is 0 Å². The number of nitriles is 1. The van der Waals surface area contributed by atoms with Gasteiger partial charge in [0.25, 0.3) is 0 Å². The van der Waals surface area contributed by atoms with Gasteiger partial charge in [0.15, 0.2) is 5.82 Å². The van der Waals surface area contributed by atoms with Crippen LogP contribution in [0.1, 0.15) is 11.4 Å². The Bertz CT molecular complexity index is 640. The van der Waals surface area contributed by atoms with Crippen LogP contribution in [-0.2, 0) is 13.0 Å². The molecule has 3 nitrogen and oxygen atoms in total. The molecule has 94 valence electrons. The summed E-state index contributed by atoms with van der Waals surface area (Å²) in [5.41, 5.74) is 0.279. The van der Waals surface area contributed by atoms with Crippen molar-refractivity contribution in [1.82, 2.24) is 9.55 Å². The van der Waals surface area contributed by atoms with Gasteiger partial charge in [-0.2, -0.15) is 14.0 Å². The zero-order valence-electron chi connectivity index (χ0n) is 9.16. The van der Waals surface area contributed by atoms with E-state index in [2.05, 4.69) is 4.98 Å². The van der Waals surface area contributed by atoms with E-state index >= 15 is 0 Å². The van der Waals surface area contributed by atoms with E-state index in [9.17, 15) is 17.6 Å². The summed E-state index contributed by atoms with van der Waals surface area (Å²) in [6.07, 6.45) is -3.85. The van der Waals surface area contributed by atoms with Crippen LogP contribution < -0.4 is 0 Å². The molecule has 0 saturated carbocycles. The average Bonchev–Trinajstić information content (AvgIpc) is 2.67. The van der Waals surface area contributed by atoms with Crippen molar-refractivity contribution in [2.75, 3.05) is 0 Å². The number of aromatic nitrogens is 2. The van der Waals surface area contributed by atoms with E-state index in [0.717, 1.165) is 4.57 Å². The maximum atomic E-state index is 13.3. The Hall–Kier alpha value is -2.10. The Kier molecular flexibility index (Phi) is 2.73. The lowest BCUT2D eigenvalue weighted by Gasteiger charge is -2.14. The second-order valence-electron chi connectivity index (χ2n) is 3.70. The van der Waals surface area contributed by atoms with Gasteiger partial charge in [-0.1, -0.05) is 6.07 Å². The summed E-state index contributed by atoms with van der Waals surface area (Å²) in [5.74, 6) is -5.39. The number of rotatable bonds is 2. The Morgan fingerprint density at radius 2 is 2.06 bits per heavy atom. The third kappa shape index (κ3) is 1.61. The van der Waals surface area contributed by atoms with Gasteiger partial charge in [0.05, 0.1) is 11.1 Å². The highest BCUT2D eigenvalue weighted by atomic mass is 19.3. The smallest absolute Gasteiger partial charge is 0.326 e. The molecule has 0 N–H and O–H groups in total. The zero-order valence-corrected chi connectivity index (χ0v) is 9.16. The van der Waals surface area contributed by atoms with Gasteiger partial charge < -0.3 is 4.57 Å². The molecule has 1 aromatic carbocycles. The normalized spacial score (nSPS) is 12.1. The predicted octanol–water partition coefficient (Wildman–Crippen LogP) is 2.80. The molecule has 18 heavy (non-hydrogen) atoms. The summed E-state index contributed by atoms with van der Waals surface area (Å²) in [5, 5.41) is 8.81. The predicted molar refractivity (Wildman–Crippen MR) is 55.3 cm³/mol. The van der Waals surface area contributed by atoms with Crippen LogP contribution in [0.15, 0.2) is 18.2 Å². The largest absolute Gasteiger partial charge is 0.364 e. The van der Waals surface area contributed by atoms with Crippen molar-refractivity contribution < 1.29 is 17.6 Å². The number of hydrogen-bond donors (Lipinski definition) is 0. The van der Waals surface area contributed by atoms with Crippen LogP contribution >= 0.6 is 0 Å². The highest BCUT2D eigenvalue weighted by Gasteiger charge is 2.47. The summed E-state index contributed by atoms with van der Waals surface area (Å²) in [7, 11) is 1.21. The maximum Gasteiger partial charge on any atom is 0.364 e. The summed E-state index contributed by atoms with van der Waals surface area (Å²) < 4.78 is 52.1. The number of alkyl halides is 4. The molecule has 7 heteroatoms. The Morgan fingerprint density at radius 1 is 1.39 bits per heavy atom. The first-order valence-corrected chi connectivity index (χ1v) is 4.91. The maximum absolute atomic E-state index is 13.3. The molecule has 0 amide bonds. The summed E-state index contributed by atoms with van der Waals surface area (Å²) in [6.45, 7) is 0. The van der Waals surface area contributed by atoms with Gasteiger partial charge in [0.1, 0.15) is 11.6 Å². The highest BCUT2D eigenvalue weighted by Crippen LogP contribution is 2.35. The summed E-state index contributed by atoms with van der Waals surface area (Å²) in [4.78, 5) is 3.49. The molecule has 0 radical (unpaired) electrons. The molecule has 0 unspecified atom stereocenters. The SMILES string of the molecule is Cn1c(C(F)(F)C(F)F)nc2c(C#N)cccc21. The van der Waals surface area contributed by atoms with Crippen molar-refractivity contribution in [3.8, 4) is 6.07 Å². The fraction of sp³-hybridized carbons (Fsp3) is 0.273. The fourth-order valence-corrected chi connectivity index (χ4v) is 1.70. The fourth-order valence-electron chi connectivity index (χ4n) is 1.70. The molecule has 2 rings (SSSR count). The minimum Gasteiger partial charge on any atom is -0.326 e. The molecule has 0 spiro atoms. The zero-order chi connectivity index (χ0) is 13.5. The number of nitrogens with zero attached hydrogens (tertiary/aromatic N) is 3. The van der Waals surface area contributed by atoms with Gasteiger partial charge in [-0.3, -0.25) is 0 Å². The van der Waals surface area contributed by atoms with Crippen molar-refractivity contribution in [3.63, 3.8) is 0 Å². The lowest BCUT2D eigenvalue weighted by molar-refractivity contribution is -0.142. The number of halogens is 4. The van der Waals surface area contributed by atoms with Crippen LogP contribution in [-0.4, -0.2) is 16.0 Å². The van der Waals surface area contributed by atoms with E-state index < -0.39 is 18.2 Å². The monoisotopic (exact) mass is 257 g/mol. The standard InChI is InChI=1S/C11H7F4N3/c1-18-7-4-2-3-6(5-16)8(7)17-10(18)11(14,15)9(12)13/h2-4,9H,1H3. The van der Waals surface area contributed by atoms with Crippen LogP contribution in [0.5, 0.6) is 0 Å². The molecule has 0 bridgehead atoms. The molecule has 0 atom stereocenters. The number of para-hydroxylation sites is 1. The summed E-state index contributed by atoms with van der Waals surface area (Å²) in [6, 6.07) is 6.09. The van der Waals surface area contributed by atoms with Crippen molar-refractivity contribution >= 4 is 11.0 Å². The Balaban J connectivity index is 2.77. The second-order valence-corrected chi connectivity index (χ2v) is 3.70. The van der Waals surface area contributed by atoms with E-state index in [1.807, 2.05) is 0 Å². The highest BCUT2D eigenvalue weighted by molar-refractivity contribution is 5.82. The lowest BCUT2D eigenvalue weighted by Crippen LogP contribution is -2.27. The lowest BCUT2D eigenvalue weighted by atomic mass is 10.2. The minimum absolute atomic E-state index is 0.00201. The molecule has 0 fully saturated rings. The van der Waals surface area contributed by atoms with E-state index in [4.69, 9.17) is 5.26 Å². The van der Waals surface area contributed by atoms with Crippen LogP contribution in [0.3, 0.4) is 0 Å². The van der Waals surface area contributed by atoms with Crippen LogP contribution in [0.4, 0.5) is 17.6 Å². The molecular weight excluding hydrogens is 250 g/mol. The molecule has 1 heterocycles. The number of benzene rings is 1. The number of hydrogen-bond acceptors (Lipinski definition) is 2. The molecule has 2 aromatic rings. The average molecular weight is 257 g/mol. The van der Waals surface area contributed by atoms with Crippen molar-refractivity contribution in [2.24, 2.45) is 7.05 Å². The minimum atomic E-state index is -4.35. The first-order chi connectivity index (χ1) is 8.39. The van der Waals surface area contributed by atoms with Crippen molar-refractivity contribution in [1.29, 1.82) is 5.26 Å². The Labute approximate surface area is 99.3 Å². The van der Waals surface area contributed by atoms with Gasteiger partial charge >= 0.3 is 12.3 Å². The quantitative estimate of drug-likeness (QED) is 0.776. The first kappa shape index (κ1) is 12.4. The molecular formula is C11H7F4N3. The number of aryl methyl sites for hydroxylation is 1. The van der Waals surface area contributed by atoms with Gasteiger partial charge in [0, 0.05) is 7.05 Å². The van der Waals surface area contributed by atoms with E-state index in [0.29, 0.717) is 0 Å². The van der Waals surface area contributed by atoms with E-state index in [1.54, 1.807) is 6.07 Å². The van der Waals surface area contributed by atoms with Crippen LogP contribution in [0.25, 0.3) is 11.0 Å². The third-order valence-electron chi connectivity index (χ3n) is 2.60. The number of fused-ring (bicyclic) bond motifs is 1. The topological polar surface area (TPSA) is 41.6 Å². The van der Waals surface area contributed by atoms with Crippen LogP contribution in [0, 0.1) is 11.3 Å². The molecule has 1 aromatic heterocycles. The molecule has 0 aliphatic heterocycles. The molecule has 0 saturated heterocycles. The molecule has 0 aliphatic carbocycles. The van der Waals surface area contributed by atoms with Gasteiger partial charge in [-0.05, 0) is 12.1 Å².